The van der Waals surface area contributed by atoms with E-state index >= 15 is 0 Å². The maximum Gasteiger partial charge on any atom is 0.161 e. The molecule has 0 saturated heterocycles. The first-order chi connectivity index (χ1) is 36.3. The summed E-state index contributed by atoms with van der Waals surface area (Å²) in [5.74, 6) is 0.0602. The van der Waals surface area contributed by atoms with Gasteiger partial charge >= 0.3 is 0 Å². The summed E-state index contributed by atoms with van der Waals surface area (Å²) in [5.41, 5.74) is 3.56. The summed E-state index contributed by atoms with van der Waals surface area (Å²) in [5, 5.41) is 44.5. The zero-order valence-electron chi connectivity index (χ0n) is 43.3. The van der Waals surface area contributed by atoms with Gasteiger partial charge in [0.2, 0.25) is 0 Å². The highest BCUT2D eigenvalue weighted by molar-refractivity contribution is 6.36. The van der Waals surface area contributed by atoms with Crippen molar-refractivity contribution in [1.82, 2.24) is 0 Å². The van der Waals surface area contributed by atoms with E-state index in [1.807, 2.05) is 18.2 Å². The molecule has 8 unspecified atom stereocenters. The van der Waals surface area contributed by atoms with Crippen LogP contribution in [0.15, 0.2) is 72.8 Å². The van der Waals surface area contributed by atoms with E-state index in [-0.39, 0.29) is 34.0 Å². The lowest BCUT2D eigenvalue weighted by molar-refractivity contribution is -0.0342. The predicted octanol–water partition coefficient (Wildman–Crippen LogP) is 7.62. The number of phenols is 4. The van der Waals surface area contributed by atoms with Crippen molar-refractivity contribution >= 4 is 13.3 Å². The number of benzene rings is 6. The van der Waals surface area contributed by atoms with E-state index in [0.29, 0.717) is 85.8 Å². The van der Waals surface area contributed by atoms with Crippen LogP contribution in [0.3, 0.4) is 0 Å². The molecule has 0 amide bonds. The fourth-order valence-electron chi connectivity index (χ4n) is 10.9. The molecular weight excluding hydrogens is 971 g/mol. The first-order valence-electron chi connectivity index (χ1n) is 23.7. The van der Waals surface area contributed by atoms with Gasteiger partial charge in [-0.2, -0.15) is 0 Å². The molecule has 75 heavy (non-hydrogen) atoms. The Morgan fingerprint density at radius 2 is 0.827 bits per heavy atom. The average Bonchev–Trinajstić information content (AvgIpc) is 3.45. The molecule has 4 N–H and O–H groups in total. The van der Waals surface area contributed by atoms with Gasteiger partial charge in [-0.05, 0) is 58.6 Å². The normalized spacial score (nSPS) is 21.4. The molecule has 19 heteroatoms. The second-order valence-corrected chi connectivity index (χ2v) is 17.9. The highest BCUT2D eigenvalue weighted by Crippen LogP contribution is 2.63. The zero-order chi connectivity index (χ0) is 53.6. The molecule has 0 spiro atoms. The van der Waals surface area contributed by atoms with E-state index in [9.17, 15) is 20.4 Å². The van der Waals surface area contributed by atoms with Gasteiger partial charge in [-0.25, -0.2) is 0 Å². The fraction of sp³-hybridized carbons (Fsp3) is 0.357. The maximum absolute atomic E-state index is 12.1. The van der Waals surface area contributed by atoms with E-state index in [2.05, 4.69) is 0 Å². The number of fused-ring (bicyclic) bond motifs is 3. The summed E-state index contributed by atoms with van der Waals surface area (Å²) in [6.07, 6.45) is -5.10. The van der Waals surface area contributed by atoms with E-state index in [4.69, 9.17) is 74.2 Å². The van der Waals surface area contributed by atoms with Crippen LogP contribution in [-0.4, -0.2) is 125 Å². The average molecular weight is 1030 g/mol. The summed E-state index contributed by atoms with van der Waals surface area (Å²) in [7, 11) is 23.6. The Bertz CT molecular complexity index is 3110. The van der Waals surface area contributed by atoms with Crippen LogP contribution >= 0.6 is 0 Å². The van der Waals surface area contributed by atoms with Gasteiger partial charge in [0.25, 0.3) is 0 Å². The summed E-state index contributed by atoms with van der Waals surface area (Å²) >= 11 is 0. The lowest BCUT2D eigenvalue weighted by Gasteiger charge is -2.45. The van der Waals surface area contributed by atoms with Crippen molar-refractivity contribution < 1.29 is 86.7 Å². The number of hydrogen-bond acceptors (Lipinski definition) is 18. The second kappa shape index (κ2) is 21.2. The van der Waals surface area contributed by atoms with Crippen LogP contribution in [0.25, 0.3) is 0 Å². The SMILES string of the molecule is [B]c1c(O)cc(O)c2c1OC(c1ccc(O)c(O)c1)C(OC)C2c1c(OC)cc(OC)c2c1OC(c1ccc(OC)c(OC)c1)C(OC)C2c1c(OC)cc(OC)c2c1OC(c1ccc(OC)c(OC)c1)C(OC)C2. The van der Waals surface area contributed by atoms with Gasteiger partial charge in [-0.15, -0.1) is 0 Å². The minimum Gasteiger partial charge on any atom is -0.508 e. The molecule has 0 fully saturated rings. The second-order valence-electron chi connectivity index (χ2n) is 17.9. The lowest BCUT2D eigenvalue weighted by atomic mass is 9.72. The van der Waals surface area contributed by atoms with Gasteiger partial charge < -0.3 is 86.7 Å². The van der Waals surface area contributed by atoms with Crippen molar-refractivity contribution in [2.24, 2.45) is 0 Å². The molecule has 3 aliphatic heterocycles. The minimum atomic E-state index is -1.12. The molecule has 0 aliphatic carbocycles. The quantitative estimate of drug-likeness (QED) is 0.0543. The van der Waals surface area contributed by atoms with Gasteiger partial charge in [-0.1, -0.05) is 18.2 Å². The number of ether oxygens (including phenoxy) is 14. The van der Waals surface area contributed by atoms with Gasteiger partial charge in [0.1, 0.15) is 77.9 Å². The topological polar surface area (TPSA) is 210 Å². The minimum absolute atomic E-state index is 0.0817. The highest BCUT2D eigenvalue weighted by atomic mass is 16.6. The Balaban J connectivity index is 1.40. The van der Waals surface area contributed by atoms with Crippen LogP contribution in [-0.2, 0) is 20.6 Å². The standard InChI is InChI=1S/C56H59BO18/c1-62-33-16-13-26(19-36(33)65-4)49-41(70-9)21-28-35(64-3)23-38(67-6)43(52(28)73-49)47-45-40(69-8)24-39(68-7)44(53(45)74-51(56(47)72-11)27-14-17-34(63-2)37(20-27)66-5)46-42-31(60)22-32(61)48(57)54(42)75-50(55(46)71-10)25-12-15-29(58)30(59)18-25/h12-20,22-24,41,46-47,49-51,55-56,58-61H,21H2,1-11H3. The fourth-order valence-corrected chi connectivity index (χ4v) is 10.9. The molecular formula is C56H59BO18. The van der Waals surface area contributed by atoms with Gasteiger partial charge in [-0.3, -0.25) is 0 Å². The molecule has 0 saturated carbocycles. The number of rotatable bonds is 16. The Morgan fingerprint density at radius 1 is 0.387 bits per heavy atom. The molecule has 0 aromatic heterocycles. The van der Waals surface area contributed by atoms with E-state index in [1.54, 1.807) is 86.2 Å². The Kier molecular flexibility index (Phi) is 14.8. The molecule has 3 heterocycles. The third-order valence-corrected chi connectivity index (χ3v) is 14.4. The zero-order valence-corrected chi connectivity index (χ0v) is 43.3. The smallest absolute Gasteiger partial charge is 0.161 e. The largest absolute Gasteiger partial charge is 0.508 e. The van der Waals surface area contributed by atoms with Crippen molar-refractivity contribution in [3.05, 3.63) is 117 Å². The Hall–Kier alpha value is -7.74. The molecule has 2 radical (unpaired) electrons. The molecule has 6 aromatic carbocycles. The monoisotopic (exact) mass is 1030 g/mol. The third kappa shape index (κ3) is 8.71. The summed E-state index contributed by atoms with van der Waals surface area (Å²) in [6, 6.07) is 19.8. The number of aromatic hydroxyl groups is 4. The van der Waals surface area contributed by atoms with Crippen molar-refractivity contribution in [3.63, 3.8) is 0 Å². The summed E-state index contributed by atoms with van der Waals surface area (Å²) in [4.78, 5) is 0. The van der Waals surface area contributed by atoms with Crippen molar-refractivity contribution in [1.29, 1.82) is 0 Å². The van der Waals surface area contributed by atoms with Gasteiger partial charge in [0, 0.05) is 73.8 Å². The first-order valence-corrected chi connectivity index (χ1v) is 23.7. The van der Waals surface area contributed by atoms with Crippen LogP contribution in [0.5, 0.6) is 86.2 Å². The van der Waals surface area contributed by atoms with E-state index in [1.165, 1.54) is 40.6 Å². The number of methoxy groups -OCH3 is 11. The van der Waals surface area contributed by atoms with Gasteiger partial charge in [0.05, 0.1) is 68.7 Å². The van der Waals surface area contributed by atoms with E-state index < -0.39 is 65.7 Å². The summed E-state index contributed by atoms with van der Waals surface area (Å²) in [6.45, 7) is 0. The molecule has 9 rings (SSSR count). The molecule has 8 atom stereocenters. The maximum atomic E-state index is 12.1. The number of phenolic OH excluding ortho intramolecular Hbond substituents is 4. The van der Waals surface area contributed by atoms with E-state index in [0.717, 1.165) is 11.6 Å². The van der Waals surface area contributed by atoms with Gasteiger partial charge in [0.15, 0.2) is 52.8 Å². The predicted molar refractivity (Wildman–Crippen MR) is 273 cm³/mol. The molecule has 6 aromatic rings. The van der Waals surface area contributed by atoms with Crippen LogP contribution < -0.4 is 57.6 Å². The van der Waals surface area contributed by atoms with Crippen LogP contribution in [0.4, 0.5) is 0 Å². The first kappa shape index (κ1) is 52.1. The lowest BCUT2D eigenvalue weighted by Crippen LogP contribution is -2.41. The summed E-state index contributed by atoms with van der Waals surface area (Å²) < 4.78 is 88.8. The Labute approximate surface area is 435 Å². The highest BCUT2D eigenvalue weighted by Gasteiger charge is 2.52. The Morgan fingerprint density at radius 3 is 1.32 bits per heavy atom. The molecule has 0 bridgehead atoms. The van der Waals surface area contributed by atoms with Crippen LogP contribution in [0.2, 0.25) is 0 Å². The molecule has 18 nitrogen and oxygen atoms in total. The molecule has 394 valence electrons. The molecule has 3 aliphatic rings. The van der Waals surface area contributed by atoms with Crippen molar-refractivity contribution in [3.8, 4) is 86.2 Å². The van der Waals surface area contributed by atoms with Crippen molar-refractivity contribution in [2.45, 2.75) is 54.9 Å². The van der Waals surface area contributed by atoms with Crippen molar-refractivity contribution in [2.75, 3.05) is 78.2 Å². The third-order valence-electron chi connectivity index (χ3n) is 14.4. The van der Waals surface area contributed by atoms with Crippen LogP contribution in [0, 0.1) is 0 Å². The van der Waals surface area contributed by atoms with Crippen LogP contribution in [0.1, 0.15) is 74.7 Å². The number of hydrogen-bond donors (Lipinski definition) is 4.